The fraction of sp³-hybridized carbons (Fsp3) is 0.467. The molecule has 1 saturated heterocycles. The minimum Gasteiger partial charge on any atom is -0.377 e. The second-order valence-electron chi connectivity index (χ2n) is 5.28. The average molecular weight is 274 g/mol. The van der Waals surface area contributed by atoms with Crippen molar-refractivity contribution in [3.63, 3.8) is 0 Å². The molecule has 0 radical (unpaired) electrons. The van der Waals surface area contributed by atoms with Gasteiger partial charge in [-0.05, 0) is 25.0 Å². The molecule has 1 aliphatic carbocycles. The summed E-state index contributed by atoms with van der Waals surface area (Å²) in [4.78, 5) is 24.0. The number of hydrogen-bond acceptors (Lipinski definition) is 3. The molecule has 20 heavy (non-hydrogen) atoms. The second-order valence-corrected chi connectivity index (χ2v) is 5.28. The van der Waals surface area contributed by atoms with E-state index in [4.69, 9.17) is 4.74 Å². The average Bonchev–Trinajstić information content (AvgIpc) is 3.21. The van der Waals surface area contributed by atoms with Crippen molar-refractivity contribution >= 4 is 17.5 Å². The van der Waals surface area contributed by atoms with Crippen LogP contribution in [0.4, 0.5) is 5.69 Å². The smallest absolute Gasteiger partial charge is 0.253 e. The van der Waals surface area contributed by atoms with E-state index in [2.05, 4.69) is 10.6 Å². The molecule has 3 atom stereocenters. The van der Waals surface area contributed by atoms with E-state index in [1.165, 1.54) is 0 Å². The Bertz CT molecular complexity index is 532. The van der Waals surface area contributed by atoms with Gasteiger partial charge in [-0.25, -0.2) is 0 Å². The van der Waals surface area contributed by atoms with E-state index in [1.54, 1.807) is 31.3 Å². The molecule has 2 amide bonds. The predicted octanol–water partition coefficient (Wildman–Crippen LogP) is 1.41. The maximum atomic E-state index is 12.3. The van der Waals surface area contributed by atoms with Gasteiger partial charge in [0.05, 0.1) is 23.3 Å². The van der Waals surface area contributed by atoms with E-state index in [1.807, 2.05) is 0 Å². The summed E-state index contributed by atoms with van der Waals surface area (Å²) in [6.07, 6.45) is 2.16. The summed E-state index contributed by atoms with van der Waals surface area (Å²) in [6.45, 7) is 0.750. The minimum absolute atomic E-state index is 0.0433. The van der Waals surface area contributed by atoms with Crippen LogP contribution in [-0.2, 0) is 9.53 Å². The zero-order chi connectivity index (χ0) is 14.1. The highest BCUT2D eigenvalue weighted by Gasteiger charge is 2.56. The van der Waals surface area contributed by atoms with E-state index >= 15 is 0 Å². The fourth-order valence-electron chi connectivity index (χ4n) is 2.94. The van der Waals surface area contributed by atoms with Gasteiger partial charge >= 0.3 is 0 Å². The molecule has 2 fully saturated rings. The monoisotopic (exact) mass is 274 g/mol. The minimum atomic E-state index is -0.203. The molecule has 3 rings (SSSR count). The number of nitrogens with one attached hydrogen (secondary N) is 2. The Morgan fingerprint density at radius 3 is 2.80 bits per heavy atom. The number of fused-ring (bicyclic) bond motifs is 1. The molecule has 5 heteroatoms. The van der Waals surface area contributed by atoms with Crippen molar-refractivity contribution in [1.29, 1.82) is 0 Å². The number of hydrogen-bond donors (Lipinski definition) is 2. The summed E-state index contributed by atoms with van der Waals surface area (Å²) in [7, 11) is 1.57. The van der Waals surface area contributed by atoms with Crippen molar-refractivity contribution in [2.45, 2.75) is 18.9 Å². The van der Waals surface area contributed by atoms with Crippen LogP contribution in [-0.4, -0.2) is 31.6 Å². The molecule has 1 heterocycles. The van der Waals surface area contributed by atoms with Crippen LogP contribution in [0.15, 0.2) is 24.3 Å². The van der Waals surface area contributed by atoms with Crippen molar-refractivity contribution in [3.05, 3.63) is 29.8 Å². The number of benzene rings is 1. The second kappa shape index (κ2) is 5.25. The van der Waals surface area contributed by atoms with E-state index in [0.29, 0.717) is 17.2 Å². The lowest BCUT2D eigenvalue weighted by atomic mass is 10.1. The van der Waals surface area contributed by atoms with E-state index in [0.717, 1.165) is 19.4 Å². The van der Waals surface area contributed by atoms with Gasteiger partial charge in [-0.2, -0.15) is 0 Å². The van der Waals surface area contributed by atoms with Crippen LogP contribution in [0.2, 0.25) is 0 Å². The van der Waals surface area contributed by atoms with Crippen molar-refractivity contribution < 1.29 is 14.3 Å². The van der Waals surface area contributed by atoms with E-state index in [-0.39, 0.29) is 23.8 Å². The highest BCUT2D eigenvalue weighted by molar-refractivity contribution is 6.04. The van der Waals surface area contributed by atoms with E-state index in [9.17, 15) is 9.59 Å². The summed E-state index contributed by atoms with van der Waals surface area (Å²) in [6, 6.07) is 7.03. The SMILES string of the molecule is CNC(=O)c1ccccc1NC(=O)[C@H]1[C@@H]2CCCO[C@@H]21. The van der Waals surface area contributed by atoms with E-state index < -0.39 is 0 Å². The Morgan fingerprint density at radius 1 is 1.30 bits per heavy atom. The number of para-hydroxylation sites is 1. The molecule has 0 aromatic heterocycles. The van der Waals surface area contributed by atoms with Crippen molar-refractivity contribution in [3.8, 4) is 0 Å². The summed E-state index contributed by atoms with van der Waals surface area (Å²) in [5, 5.41) is 5.44. The number of carbonyl (C=O) groups excluding carboxylic acids is 2. The van der Waals surface area contributed by atoms with Crippen LogP contribution < -0.4 is 10.6 Å². The number of rotatable bonds is 3. The molecule has 1 aromatic carbocycles. The first kappa shape index (κ1) is 13.1. The van der Waals surface area contributed by atoms with Gasteiger partial charge in [-0.3, -0.25) is 9.59 Å². The normalized spacial score (nSPS) is 27.4. The molecule has 1 aromatic rings. The Balaban J connectivity index is 1.72. The van der Waals surface area contributed by atoms with Crippen molar-refractivity contribution in [2.24, 2.45) is 11.8 Å². The van der Waals surface area contributed by atoms with Gasteiger partial charge in [-0.15, -0.1) is 0 Å². The van der Waals surface area contributed by atoms with Crippen molar-refractivity contribution in [1.82, 2.24) is 5.32 Å². The molecule has 0 bridgehead atoms. The highest BCUT2D eigenvalue weighted by Crippen LogP contribution is 2.48. The lowest BCUT2D eigenvalue weighted by molar-refractivity contribution is -0.118. The first-order chi connectivity index (χ1) is 9.72. The Hall–Kier alpha value is -1.88. The van der Waals surface area contributed by atoms with Gasteiger partial charge in [0.1, 0.15) is 0 Å². The third-order valence-corrected chi connectivity index (χ3v) is 4.05. The van der Waals surface area contributed by atoms with Crippen LogP contribution in [0.25, 0.3) is 0 Å². The lowest BCUT2D eigenvalue weighted by Gasteiger charge is -2.09. The molecule has 5 nitrogen and oxygen atoms in total. The largest absolute Gasteiger partial charge is 0.377 e. The van der Waals surface area contributed by atoms with Gasteiger partial charge in [-0.1, -0.05) is 12.1 Å². The summed E-state index contributed by atoms with van der Waals surface area (Å²) >= 11 is 0. The van der Waals surface area contributed by atoms with Gasteiger partial charge in [0.15, 0.2) is 0 Å². The highest BCUT2D eigenvalue weighted by atomic mass is 16.5. The standard InChI is InChI=1S/C15H18N2O3/c1-16-14(18)9-5-2-3-7-11(9)17-15(19)12-10-6-4-8-20-13(10)12/h2-3,5,7,10,12-13H,4,6,8H2,1H3,(H,16,18)(H,17,19)/t10-,12-,13-/m0/s1. The molecule has 106 valence electrons. The maximum Gasteiger partial charge on any atom is 0.253 e. The molecular formula is C15H18N2O3. The van der Waals surface area contributed by atoms with Crippen LogP contribution in [0.3, 0.4) is 0 Å². The predicted molar refractivity (Wildman–Crippen MR) is 74.4 cm³/mol. The first-order valence-electron chi connectivity index (χ1n) is 6.96. The lowest BCUT2D eigenvalue weighted by Crippen LogP contribution is -2.22. The van der Waals surface area contributed by atoms with Gasteiger partial charge in [0.2, 0.25) is 5.91 Å². The third-order valence-electron chi connectivity index (χ3n) is 4.05. The summed E-state index contributed by atoms with van der Waals surface area (Å²) < 4.78 is 5.58. The van der Waals surface area contributed by atoms with Crippen LogP contribution >= 0.6 is 0 Å². The van der Waals surface area contributed by atoms with Crippen LogP contribution in [0.1, 0.15) is 23.2 Å². The number of amides is 2. The molecule has 2 N–H and O–H groups in total. The third kappa shape index (κ3) is 2.29. The Morgan fingerprint density at radius 2 is 2.10 bits per heavy atom. The fourth-order valence-corrected chi connectivity index (χ4v) is 2.94. The number of ether oxygens (including phenoxy) is 1. The molecule has 2 aliphatic rings. The molecule has 0 spiro atoms. The van der Waals surface area contributed by atoms with Crippen molar-refractivity contribution in [2.75, 3.05) is 19.0 Å². The first-order valence-corrected chi connectivity index (χ1v) is 6.96. The number of anilines is 1. The van der Waals surface area contributed by atoms with Crippen LogP contribution in [0, 0.1) is 11.8 Å². The van der Waals surface area contributed by atoms with Gasteiger partial charge < -0.3 is 15.4 Å². The Kier molecular flexibility index (Phi) is 3.44. The summed E-state index contributed by atoms with van der Waals surface area (Å²) in [5.41, 5.74) is 1.04. The molecule has 1 saturated carbocycles. The van der Waals surface area contributed by atoms with Crippen LogP contribution in [0.5, 0.6) is 0 Å². The molecular weight excluding hydrogens is 256 g/mol. The van der Waals surface area contributed by atoms with Gasteiger partial charge in [0, 0.05) is 19.6 Å². The van der Waals surface area contributed by atoms with Gasteiger partial charge in [0.25, 0.3) is 5.91 Å². The molecule has 1 aliphatic heterocycles. The number of carbonyl (C=O) groups is 2. The molecule has 0 unspecified atom stereocenters. The Labute approximate surface area is 117 Å². The zero-order valence-corrected chi connectivity index (χ0v) is 11.4. The topological polar surface area (TPSA) is 67.4 Å². The quantitative estimate of drug-likeness (QED) is 0.875. The zero-order valence-electron chi connectivity index (χ0n) is 11.4. The summed E-state index contributed by atoms with van der Waals surface area (Å²) in [5.74, 6) is 0.0507. The maximum absolute atomic E-state index is 12.3.